The second-order valence-corrected chi connectivity index (χ2v) is 3.60. The number of carbonyl (C=O) groups excluding carboxylic acids is 2. The van der Waals surface area contributed by atoms with E-state index in [0.29, 0.717) is 12.0 Å². The SMILES string of the molecule is CCCC(=O)OCc1cccc(C(=O)OC)c1. The van der Waals surface area contributed by atoms with Gasteiger partial charge in [-0.1, -0.05) is 19.1 Å². The van der Waals surface area contributed by atoms with E-state index >= 15 is 0 Å². The highest BCUT2D eigenvalue weighted by Gasteiger charge is 2.07. The zero-order valence-corrected chi connectivity index (χ0v) is 10.1. The minimum absolute atomic E-state index is 0.184. The lowest BCUT2D eigenvalue weighted by Gasteiger charge is -2.05. The smallest absolute Gasteiger partial charge is 0.337 e. The van der Waals surface area contributed by atoms with Crippen LogP contribution >= 0.6 is 0 Å². The van der Waals surface area contributed by atoms with Gasteiger partial charge in [0.15, 0.2) is 0 Å². The van der Waals surface area contributed by atoms with Crippen molar-refractivity contribution in [1.29, 1.82) is 0 Å². The molecule has 0 saturated carbocycles. The highest BCUT2D eigenvalue weighted by atomic mass is 16.5. The summed E-state index contributed by atoms with van der Waals surface area (Å²) >= 11 is 0. The Balaban J connectivity index is 2.60. The van der Waals surface area contributed by atoms with Crippen LogP contribution in [0.3, 0.4) is 0 Å². The van der Waals surface area contributed by atoms with Gasteiger partial charge in [0.05, 0.1) is 12.7 Å². The first kappa shape index (κ1) is 13.2. The number of ether oxygens (including phenoxy) is 2. The van der Waals surface area contributed by atoms with Gasteiger partial charge in [0.2, 0.25) is 0 Å². The Morgan fingerprint density at radius 3 is 2.71 bits per heavy atom. The molecule has 0 bridgehead atoms. The van der Waals surface area contributed by atoms with E-state index in [1.807, 2.05) is 6.92 Å². The molecule has 0 atom stereocenters. The molecule has 0 aromatic heterocycles. The van der Waals surface area contributed by atoms with Crippen molar-refractivity contribution < 1.29 is 19.1 Å². The maximum atomic E-state index is 11.3. The van der Waals surface area contributed by atoms with Crippen molar-refractivity contribution in [3.05, 3.63) is 35.4 Å². The van der Waals surface area contributed by atoms with Gasteiger partial charge in [-0.15, -0.1) is 0 Å². The Bertz CT molecular complexity index is 398. The summed E-state index contributed by atoms with van der Waals surface area (Å²) in [5.74, 6) is -0.622. The summed E-state index contributed by atoms with van der Waals surface area (Å²) in [6.07, 6.45) is 1.18. The summed E-state index contributed by atoms with van der Waals surface area (Å²) in [4.78, 5) is 22.5. The van der Waals surface area contributed by atoms with Crippen molar-refractivity contribution in [3.63, 3.8) is 0 Å². The van der Waals surface area contributed by atoms with Crippen LogP contribution in [0.15, 0.2) is 24.3 Å². The highest BCUT2D eigenvalue weighted by Crippen LogP contribution is 2.08. The fraction of sp³-hybridized carbons (Fsp3) is 0.385. The van der Waals surface area contributed by atoms with Gasteiger partial charge in [0.25, 0.3) is 0 Å². The van der Waals surface area contributed by atoms with E-state index in [4.69, 9.17) is 4.74 Å². The number of benzene rings is 1. The predicted octanol–water partition coefficient (Wildman–Crippen LogP) is 2.32. The van der Waals surface area contributed by atoms with Gasteiger partial charge in [0, 0.05) is 6.42 Å². The molecule has 0 amide bonds. The molecule has 17 heavy (non-hydrogen) atoms. The molecular formula is C13H16O4. The lowest BCUT2D eigenvalue weighted by atomic mass is 10.1. The fourth-order valence-corrected chi connectivity index (χ4v) is 1.35. The monoisotopic (exact) mass is 236 g/mol. The largest absolute Gasteiger partial charge is 0.465 e. The summed E-state index contributed by atoms with van der Waals surface area (Å²) in [6, 6.07) is 6.84. The highest BCUT2D eigenvalue weighted by molar-refractivity contribution is 5.89. The third-order valence-corrected chi connectivity index (χ3v) is 2.20. The van der Waals surface area contributed by atoms with E-state index in [1.54, 1.807) is 24.3 Å². The van der Waals surface area contributed by atoms with Crippen molar-refractivity contribution in [2.24, 2.45) is 0 Å². The molecule has 4 heteroatoms. The second kappa shape index (κ2) is 6.68. The summed E-state index contributed by atoms with van der Waals surface area (Å²) in [5, 5.41) is 0. The predicted molar refractivity (Wildman–Crippen MR) is 62.5 cm³/mol. The lowest BCUT2D eigenvalue weighted by Crippen LogP contribution is -2.05. The number of esters is 2. The van der Waals surface area contributed by atoms with E-state index in [-0.39, 0.29) is 12.6 Å². The molecule has 0 aliphatic rings. The van der Waals surface area contributed by atoms with E-state index < -0.39 is 5.97 Å². The number of carbonyl (C=O) groups is 2. The van der Waals surface area contributed by atoms with Gasteiger partial charge in [-0.05, 0) is 24.1 Å². The Hall–Kier alpha value is -1.84. The quantitative estimate of drug-likeness (QED) is 0.736. The maximum Gasteiger partial charge on any atom is 0.337 e. The zero-order valence-electron chi connectivity index (χ0n) is 10.1. The number of hydrogen-bond donors (Lipinski definition) is 0. The molecule has 1 aromatic rings. The van der Waals surface area contributed by atoms with Crippen LogP contribution in [-0.4, -0.2) is 19.0 Å². The topological polar surface area (TPSA) is 52.6 Å². The van der Waals surface area contributed by atoms with Crippen LogP contribution in [-0.2, 0) is 20.9 Å². The molecule has 0 N–H and O–H groups in total. The van der Waals surface area contributed by atoms with Gasteiger partial charge in [-0.25, -0.2) is 4.79 Å². The van der Waals surface area contributed by atoms with Gasteiger partial charge in [-0.3, -0.25) is 4.79 Å². The molecule has 0 heterocycles. The zero-order chi connectivity index (χ0) is 12.7. The third kappa shape index (κ3) is 4.26. The summed E-state index contributed by atoms with van der Waals surface area (Å²) in [6.45, 7) is 2.10. The van der Waals surface area contributed by atoms with Crippen molar-refractivity contribution >= 4 is 11.9 Å². The van der Waals surface area contributed by atoms with Crippen LogP contribution < -0.4 is 0 Å². The van der Waals surface area contributed by atoms with Crippen LogP contribution in [0.1, 0.15) is 35.7 Å². The standard InChI is InChI=1S/C13H16O4/c1-3-5-12(14)17-9-10-6-4-7-11(8-10)13(15)16-2/h4,6-8H,3,5,9H2,1-2H3. The normalized spacial score (nSPS) is 9.76. The van der Waals surface area contributed by atoms with Crippen LogP contribution in [0.25, 0.3) is 0 Å². The molecule has 0 aliphatic carbocycles. The first-order valence-corrected chi connectivity index (χ1v) is 5.50. The van der Waals surface area contributed by atoms with E-state index in [1.165, 1.54) is 7.11 Å². The molecule has 0 saturated heterocycles. The fourth-order valence-electron chi connectivity index (χ4n) is 1.35. The maximum absolute atomic E-state index is 11.3. The number of hydrogen-bond acceptors (Lipinski definition) is 4. The summed E-state index contributed by atoms with van der Waals surface area (Å²) < 4.78 is 9.65. The van der Waals surface area contributed by atoms with Crippen LogP contribution in [0.2, 0.25) is 0 Å². The van der Waals surface area contributed by atoms with Crippen LogP contribution in [0.5, 0.6) is 0 Å². The van der Waals surface area contributed by atoms with Gasteiger partial charge >= 0.3 is 11.9 Å². The summed E-state index contributed by atoms with van der Waals surface area (Å²) in [5.41, 5.74) is 1.23. The third-order valence-electron chi connectivity index (χ3n) is 2.20. The Kier molecular flexibility index (Phi) is 5.20. The van der Waals surface area contributed by atoms with E-state index in [0.717, 1.165) is 12.0 Å². The molecule has 0 aliphatic heterocycles. The average Bonchev–Trinajstić information content (AvgIpc) is 2.36. The molecule has 1 aromatic carbocycles. The molecule has 0 radical (unpaired) electrons. The second-order valence-electron chi connectivity index (χ2n) is 3.60. The average molecular weight is 236 g/mol. The van der Waals surface area contributed by atoms with Crippen molar-refractivity contribution in [1.82, 2.24) is 0 Å². The van der Waals surface area contributed by atoms with Crippen molar-refractivity contribution in [2.75, 3.05) is 7.11 Å². The van der Waals surface area contributed by atoms with E-state index in [9.17, 15) is 9.59 Å². The van der Waals surface area contributed by atoms with Crippen LogP contribution in [0, 0.1) is 0 Å². The van der Waals surface area contributed by atoms with Crippen LogP contribution in [0.4, 0.5) is 0 Å². The lowest BCUT2D eigenvalue weighted by molar-refractivity contribution is -0.144. The van der Waals surface area contributed by atoms with E-state index in [2.05, 4.69) is 4.74 Å². The van der Waals surface area contributed by atoms with Crippen molar-refractivity contribution in [2.45, 2.75) is 26.4 Å². The van der Waals surface area contributed by atoms with Gasteiger partial charge in [-0.2, -0.15) is 0 Å². The Labute approximate surface area is 101 Å². The molecule has 0 spiro atoms. The molecule has 0 unspecified atom stereocenters. The molecular weight excluding hydrogens is 220 g/mol. The summed E-state index contributed by atoms with van der Waals surface area (Å²) in [7, 11) is 1.33. The molecule has 1 rings (SSSR count). The Morgan fingerprint density at radius 2 is 2.06 bits per heavy atom. The molecule has 0 fully saturated rings. The minimum Gasteiger partial charge on any atom is -0.465 e. The minimum atomic E-state index is -0.397. The molecule has 4 nitrogen and oxygen atoms in total. The molecule has 92 valence electrons. The van der Waals surface area contributed by atoms with Gasteiger partial charge < -0.3 is 9.47 Å². The number of methoxy groups -OCH3 is 1. The first-order chi connectivity index (χ1) is 8.17. The van der Waals surface area contributed by atoms with Crippen molar-refractivity contribution in [3.8, 4) is 0 Å². The Morgan fingerprint density at radius 1 is 1.29 bits per heavy atom. The van der Waals surface area contributed by atoms with Gasteiger partial charge in [0.1, 0.15) is 6.61 Å². The number of rotatable bonds is 5. The first-order valence-electron chi connectivity index (χ1n) is 5.50.